The van der Waals surface area contributed by atoms with Crippen LogP contribution >= 0.6 is 0 Å². The van der Waals surface area contributed by atoms with Crippen molar-refractivity contribution < 1.29 is 18.0 Å². The summed E-state index contributed by atoms with van der Waals surface area (Å²) in [4.78, 5) is 26.5. The average Bonchev–Trinajstić information content (AvgIpc) is 2.98. The van der Waals surface area contributed by atoms with E-state index in [1.165, 1.54) is 4.90 Å². The number of likely N-dealkylation sites (N-methyl/N-ethyl adjacent to an activating group) is 1. The van der Waals surface area contributed by atoms with Crippen molar-refractivity contribution in [2.24, 2.45) is 0 Å². The molecule has 0 radical (unpaired) electrons. The van der Waals surface area contributed by atoms with Crippen LogP contribution in [0.2, 0.25) is 0 Å². The minimum Gasteiger partial charge on any atom is -0.351 e. The summed E-state index contributed by atoms with van der Waals surface area (Å²) in [6.45, 7) is 2.19. The molecule has 0 spiro atoms. The molecule has 2 aromatic rings. The number of carbonyl (C=O) groups excluding carboxylic acids is 2. The van der Waals surface area contributed by atoms with Crippen LogP contribution in [0.25, 0.3) is 10.8 Å². The number of carbonyl (C=O) groups is 2. The number of benzene rings is 2. The number of nitrogens with zero attached hydrogens (tertiary/aromatic N) is 1. The zero-order valence-corrected chi connectivity index (χ0v) is 16.2. The fraction of sp³-hybridized carbons (Fsp3) is 0.400. The lowest BCUT2D eigenvalue weighted by Gasteiger charge is -2.22. The number of hydrogen-bond donors (Lipinski definition) is 1. The highest BCUT2D eigenvalue weighted by atomic mass is 32.2. The van der Waals surface area contributed by atoms with Crippen molar-refractivity contribution in [3.05, 3.63) is 48.0 Å². The molecule has 6 nitrogen and oxygen atoms in total. The number of amides is 2. The molecule has 1 unspecified atom stereocenters. The van der Waals surface area contributed by atoms with E-state index in [2.05, 4.69) is 5.32 Å². The average molecular weight is 388 g/mol. The standard InChI is InChI=1S/C20H24N2O4S/c1-2-22(13-19(23)21-17-10-11-27(25,26)14-17)20(24)12-16-8-5-7-15-6-3-4-9-18(15)16/h3-9,17H,2,10-14H2,1H3,(H,21,23). The summed E-state index contributed by atoms with van der Waals surface area (Å²) in [6, 6.07) is 13.4. The zero-order chi connectivity index (χ0) is 19.4. The van der Waals surface area contributed by atoms with Crippen LogP contribution in [0, 0.1) is 0 Å². The van der Waals surface area contributed by atoms with E-state index in [1.807, 2.05) is 49.4 Å². The molecule has 2 aromatic carbocycles. The van der Waals surface area contributed by atoms with Gasteiger partial charge in [0.1, 0.15) is 0 Å². The van der Waals surface area contributed by atoms with Crippen LogP contribution in [-0.4, -0.2) is 55.8 Å². The van der Waals surface area contributed by atoms with E-state index < -0.39 is 9.84 Å². The van der Waals surface area contributed by atoms with Crippen LogP contribution in [0.3, 0.4) is 0 Å². The Kier molecular flexibility index (Phi) is 5.79. The van der Waals surface area contributed by atoms with Crippen LogP contribution in [0.4, 0.5) is 0 Å². The lowest BCUT2D eigenvalue weighted by Crippen LogP contribution is -2.45. The third-order valence-electron chi connectivity index (χ3n) is 4.89. The Balaban J connectivity index is 1.63. The van der Waals surface area contributed by atoms with Crippen molar-refractivity contribution in [3.8, 4) is 0 Å². The second-order valence-electron chi connectivity index (χ2n) is 6.89. The number of hydrogen-bond acceptors (Lipinski definition) is 4. The molecule has 27 heavy (non-hydrogen) atoms. The molecule has 1 atom stereocenters. The predicted octanol–water partition coefficient (Wildman–Crippen LogP) is 1.53. The van der Waals surface area contributed by atoms with E-state index in [1.54, 1.807) is 0 Å². The quantitative estimate of drug-likeness (QED) is 0.814. The Morgan fingerprint density at radius 1 is 1.15 bits per heavy atom. The van der Waals surface area contributed by atoms with Crippen LogP contribution in [0.1, 0.15) is 18.9 Å². The molecule has 2 amide bonds. The normalized spacial score (nSPS) is 18.3. The van der Waals surface area contributed by atoms with Gasteiger partial charge in [-0.25, -0.2) is 8.42 Å². The predicted molar refractivity (Wildman–Crippen MR) is 105 cm³/mol. The summed E-state index contributed by atoms with van der Waals surface area (Å²) in [7, 11) is -3.05. The third kappa shape index (κ3) is 4.86. The SMILES string of the molecule is CCN(CC(=O)NC1CCS(=O)(=O)C1)C(=O)Cc1cccc2ccccc12. The van der Waals surface area contributed by atoms with Gasteiger partial charge in [-0.05, 0) is 29.7 Å². The lowest BCUT2D eigenvalue weighted by atomic mass is 10.0. The highest BCUT2D eigenvalue weighted by molar-refractivity contribution is 7.91. The first-order valence-corrected chi connectivity index (χ1v) is 10.9. The van der Waals surface area contributed by atoms with Crippen LogP contribution in [-0.2, 0) is 25.8 Å². The monoisotopic (exact) mass is 388 g/mol. The molecule has 3 rings (SSSR count). The molecule has 1 N–H and O–H groups in total. The Bertz CT molecular complexity index is 950. The van der Waals surface area contributed by atoms with Gasteiger partial charge < -0.3 is 10.2 Å². The first-order chi connectivity index (χ1) is 12.9. The molecule has 0 aliphatic carbocycles. The Morgan fingerprint density at radius 2 is 1.89 bits per heavy atom. The number of sulfone groups is 1. The van der Waals surface area contributed by atoms with Gasteiger partial charge in [-0.3, -0.25) is 9.59 Å². The fourth-order valence-electron chi connectivity index (χ4n) is 3.45. The molecule has 1 aliphatic heterocycles. The molecule has 1 fully saturated rings. The number of nitrogens with one attached hydrogen (secondary N) is 1. The second-order valence-corrected chi connectivity index (χ2v) is 9.12. The maximum atomic E-state index is 12.7. The Morgan fingerprint density at radius 3 is 2.59 bits per heavy atom. The smallest absolute Gasteiger partial charge is 0.239 e. The van der Waals surface area contributed by atoms with Gasteiger partial charge in [0.15, 0.2) is 9.84 Å². The second kappa shape index (κ2) is 8.08. The summed E-state index contributed by atoms with van der Waals surface area (Å²) in [6.07, 6.45) is 0.657. The van der Waals surface area contributed by atoms with E-state index in [4.69, 9.17) is 0 Å². The van der Waals surface area contributed by atoms with Gasteiger partial charge in [-0.15, -0.1) is 0 Å². The fourth-order valence-corrected chi connectivity index (χ4v) is 5.13. The first kappa shape index (κ1) is 19.4. The van der Waals surface area contributed by atoms with Gasteiger partial charge in [0.05, 0.1) is 24.5 Å². The third-order valence-corrected chi connectivity index (χ3v) is 6.66. The molecule has 1 saturated heterocycles. The molecule has 0 aromatic heterocycles. The van der Waals surface area contributed by atoms with Crippen molar-refractivity contribution in [2.75, 3.05) is 24.6 Å². The molecule has 0 bridgehead atoms. The molecule has 1 aliphatic rings. The summed E-state index contributed by atoms with van der Waals surface area (Å²) < 4.78 is 23.0. The largest absolute Gasteiger partial charge is 0.351 e. The van der Waals surface area contributed by atoms with E-state index in [0.717, 1.165) is 16.3 Å². The summed E-state index contributed by atoms with van der Waals surface area (Å²) in [5.41, 5.74) is 0.929. The van der Waals surface area contributed by atoms with Gasteiger partial charge in [0, 0.05) is 12.6 Å². The van der Waals surface area contributed by atoms with Gasteiger partial charge >= 0.3 is 0 Å². The molecule has 144 valence electrons. The molecular formula is C20H24N2O4S. The minimum absolute atomic E-state index is 0.0190. The maximum absolute atomic E-state index is 12.7. The van der Waals surface area contributed by atoms with Gasteiger partial charge in [0.2, 0.25) is 11.8 Å². The van der Waals surface area contributed by atoms with Crippen molar-refractivity contribution in [1.29, 1.82) is 0 Å². The van der Waals surface area contributed by atoms with Crippen molar-refractivity contribution in [2.45, 2.75) is 25.8 Å². The van der Waals surface area contributed by atoms with Crippen molar-refractivity contribution in [1.82, 2.24) is 10.2 Å². The zero-order valence-electron chi connectivity index (χ0n) is 15.3. The van der Waals surface area contributed by atoms with Crippen molar-refractivity contribution in [3.63, 3.8) is 0 Å². The highest BCUT2D eigenvalue weighted by Crippen LogP contribution is 2.19. The minimum atomic E-state index is -3.05. The van der Waals surface area contributed by atoms with E-state index in [0.29, 0.717) is 13.0 Å². The Labute approximate surface area is 159 Å². The molecule has 1 heterocycles. The van der Waals surface area contributed by atoms with Gasteiger partial charge in [0.25, 0.3) is 0 Å². The van der Waals surface area contributed by atoms with E-state index >= 15 is 0 Å². The van der Waals surface area contributed by atoms with E-state index in [9.17, 15) is 18.0 Å². The summed E-state index contributed by atoms with van der Waals surface area (Å²) in [5.74, 6) is -0.349. The maximum Gasteiger partial charge on any atom is 0.239 e. The molecular weight excluding hydrogens is 364 g/mol. The summed E-state index contributed by atoms with van der Waals surface area (Å²) in [5, 5.41) is 4.84. The topological polar surface area (TPSA) is 83.6 Å². The lowest BCUT2D eigenvalue weighted by molar-refractivity contribution is -0.135. The summed E-state index contributed by atoms with van der Waals surface area (Å²) >= 11 is 0. The Hall–Kier alpha value is -2.41. The molecule has 7 heteroatoms. The van der Waals surface area contributed by atoms with E-state index in [-0.39, 0.29) is 42.3 Å². The van der Waals surface area contributed by atoms with Crippen molar-refractivity contribution >= 4 is 32.4 Å². The van der Waals surface area contributed by atoms with Crippen LogP contribution < -0.4 is 5.32 Å². The highest BCUT2D eigenvalue weighted by Gasteiger charge is 2.29. The number of rotatable bonds is 6. The van der Waals surface area contributed by atoms with Gasteiger partial charge in [-0.1, -0.05) is 42.5 Å². The number of fused-ring (bicyclic) bond motifs is 1. The van der Waals surface area contributed by atoms with Gasteiger partial charge in [-0.2, -0.15) is 0 Å². The molecule has 0 saturated carbocycles. The first-order valence-electron chi connectivity index (χ1n) is 9.12. The van der Waals surface area contributed by atoms with Crippen LogP contribution in [0.15, 0.2) is 42.5 Å². The van der Waals surface area contributed by atoms with Crippen LogP contribution in [0.5, 0.6) is 0 Å².